The highest BCUT2D eigenvalue weighted by atomic mass is 35.5. The van der Waals surface area contributed by atoms with Crippen LogP contribution in [0.5, 0.6) is 11.5 Å². The van der Waals surface area contributed by atoms with E-state index in [2.05, 4.69) is 10.6 Å². The molecule has 0 saturated heterocycles. The Balaban J connectivity index is 1.63. The molecule has 0 aliphatic carbocycles. The van der Waals surface area contributed by atoms with Crippen LogP contribution >= 0.6 is 11.6 Å². The minimum absolute atomic E-state index is 0.354. The molecule has 26 heavy (non-hydrogen) atoms. The van der Waals surface area contributed by atoms with Crippen molar-refractivity contribution < 1.29 is 9.53 Å². The zero-order valence-corrected chi connectivity index (χ0v) is 14.7. The molecule has 132 valence electrons. The fourth-order valence-electron chi connectivity index (χ4n) is 2.33. The number of anilines is 2. The first kappa shape index (κ1) is 17.6. The van der Waals surface area contributed by atoms with Gasteiger partial charge in [0.1, 0.15) is 11.5 Å². The summed E-state index contributed by atoms with van der Waals surface area (Å²) in [5.74, 6) is 1.28. The van der Waals surface area contributed by atoms with E-state index in [-0.39, 0.29) is 6.03 Å². The number of carbonyl (C=O) groups excluding carboxylic acids is 1. The molecular formula is C20H18ClN3O2. The predicted octanol–water partition coefficient (Wildman–Crippen LogP) is 5.04. The van der Waals surface area contributed by atoms with Crippen molar-refractivity contribution in [2.24, 2.45) is 0 Å². The number of halogens is 1. The second-order valence-corrected chi connectivity index (χ2v) is 6.04. The molecule has 0 aliphatic rings. The highest BCUT2D eigenvalue weighted by Crippen LogP contribution is 2.28. The molecule has 4 N–H and O–H groups in total. The van der Waals surface area contributed by atoms with Gasteiger partial charge in [-0.3, -0.25) is 0 Å². The number of nitrogen functional groups attached to an aromatic ring is 1. The number of para-hydroxylation sites is 1. The molecule has 0 heterocycles. The summed E-state index contributed by atoms with van der Waals surface area (Å²) in [7, 11) is 0. The molecule has 0 aromatic heterocycles. The Kier molecular flexibility index (Phi) is 5.61. The van der Waals surface area contributed by atoms with Crippen LogP contribution in [0, 0.1) is 0 Å². The van der Waals surface area contributed by atoms with Crippen LogP contribution in [0.25, 0.3) is 0 Å². The zero-order chi connectivity index (χ0) is 18.4. The van der Waals surface area contributed by atoms with Crippen LogP contribution in [0.1, 0.15) is 5.56 Å². The van der Waals surface area contributed by atoms with E-state index in [0.717, 1.165) is 5.56 Å². The van der Waals surface area contributed by atoms with Gasteiger partial charge in [0, 0.05) is 17.6 Å². The largest absolute Gasteiger partial charge is 0.457 e. The first-order chi connectivity index (χ1) is 12.6. The molecule has 0 fully saturated rings. The normalized spacial score (nSPS) is 10.2. The third-order valence-electron chi connectivity index (χ3n) is 3.59. The summed E-state index contributed by atoms with van der Waals surface area (Å²) in [4.78, 5) is 12.1. The Morgan fingerprint density at radius 2 is 1.77 bits per heavy atom. The van der Waals surface area contributed by atoms with E-state index < -0.39 is 0 Å². The lowest BCUT2D eigenvalue weighted by Crippen LogP contribution is -2.28. The Labute approximate surface area is 156 Å². The summed E-state index contributed by atoms with van der Waals surface area (Å²) < 4.78 is 5.76. The van der Waals surface area contributed by atoms with E-state index in [1.54, 1.807) is 30.3 Å². The molecule has 0 unspecified atom stereocenters. The molecule has 6 heteroatoms. The predicted molar refractivity (Wildman–Crippen MR) is 105 cm³/mol. The van der Waals surface area contributed by atoms with Crippen molar-refractivity contribution in [1.29, 1.82) is 0 Å². The Morgan fingerprint density at radius 3 is 2.54 bits per heavy atom. The average Bonchev–Trinajstić information content (AvgIpc) is 2.64. The van der Waals surface area contributed by atoms with Gasteiger partial charge in [0.15, 0.2) is 0 Å². The summed E-state index contributed by atoms with van der Waals surface area (Å²) in [6.07, 6.45) is 0. The number of carbonyl (C=O) groups is 1. The van der Waals surface area contributed by atoms with Crippen LogP contribution < -0.4 is 21.1 Å². The third kappa shape index (κ3) is 4.91. The van der Waals surface area contributed by atoms with Crippen molar-refractivity contribution in [1.82, 2.24) is 5.32 Å². The summed E-state index contributed by atoms with van der Waals surface area (Å²) >= 11 is 5.94. The molecule has 2 amide bonds. The number of urea groups is 1. The van der Waals surface area contributed by atoms with Gasteiger partial charge in [-0.25, -0.2) is 4.79 Å². The van der Waals surface area contributed by atoms with E-state index in [9.17, 15) is 4.79 Å². The van der Waals surface area contributed by atoms with E-state index in [1.807, 2.05) is 42.5 Å². The molecule has 0 radical (unpaired) electrons. The Bertz CT molecular complexity index is 901. The number of nitrogens with two attached hydrogens (primary N) is 1. The van der Waals surface area contributed by atoms with Crippen LogP contribution in [0.15, 0.2) is 72.8 Å². The van der Waals surface area contributed by atoms with Gasteiger partial charge in [-0.1, -0.05) is 41.9 Å². The smallest absolute Gasteiger partial charge is 0.319 e. The van der Waals surface area contributed by atoms with E-state index >= 15 is 0 Å². The van der Waals surface area contributed by atoms with Crippen LogP contribution in [-0.4, -0.2) is 6.03 Å². The minimum atomic E-state index is -0.367. The lowest BCUT2D eigenvalue weighted by Gasteiger charge is -2.12. The highest BCUT2D eigenvalue weighted by Gasteiger charge is 2.07. The third-order valence-corrected chi connectivity index (χ3v) is 3.83. The van der Waals surface area contributed by atoms with Crippen LogP contribution in [0.4, 0.5) is 16.2 Å². The number of hydrogen-bond donors (Lipinski definition) is 3. The summed E-state index contributed by atoms with van der Waals surface area (Å²) in [5.41, 5.74) is 7.77. The molecule has 3 aromatic rings. The second-order valence-electron chi connectivity index (χ2n) is 5.60. The summed E-state index contributed by atoms with van der Waals surface area (Å²) in [5, 5.41) is 6.12. The molecule has 0 aliphatic heterocycles. The molecule has 0 spiro atoms. The minimum Gasteiger partial charge on any atom is -0.457 e. The maximum Gasteiger partial charge on any atom is 0.319 e. The quantitative estimate of drug-likeness (QED) is 0.553. The van der Waals surface area contributed by atoms with Crippen molar-refractivity contribution in [2.45, 2.75) is 6.54 Å². The molecule has 0 saturated carbocycles. The van der Waals surface area contributed by atoms with Crippen molar-refractivity contribution in [3.63, 3.8) is 0 Å². The van der Waals surface area contributed by atoms with Gasteiger partial charge in [0.2, 0.25) is 0 Å². The van der Waals surface area contributed by atoms with Crippen molar-refractivity contribution >= 4 is 29.0 Å². The number of amides is 2. The molecule has 0 atom stereocenters. The summed E-state index contributed by atoms with van der Waals surface area (Å²) in [6.45, 7) is 0.354. The highest BCUT2D eigenvalue weighted by molar-refractivity contribution is 6.30. The monoisotopic (exact) mass is 367 g/mol. The summed E-state index contributed by atoms with van der Waals surface area (Å²) in [6, 6.07) is 21.4. The lowest BCUT2D eigenvalue weighted by molar-refractivity contribution is 0.252. The van der Waals surface area contributed by atoms with Crippen LogP contribution in [-0.2, 0) is 6.54 Å². The number of hydrogen-bond acceptors (Lipinski definition) is 3. The number of ether oxygens (including phenoxy) is 1. The lowest BCUT2D eigenvalue weighted by atomic mass is 10.2. The van der Waals surface area contributed by atoms with Crippen LogP contribution in [0.3, 0.4) is 0 Å². The van der Waals surface area contributed by atoms with Gasteiger partial charge >= 0.3 is 6.03 Å². The van der Waals surface area contributed by atoms with E-state index in [4.69, 9.17) is 22.1 Å². The van der Waals surface area contributed by atoms with Gasteiger partial charge in [-0.15, -0.1) is 0 Å². The van der Waals surface area contributed by atoms with Crippen LogP contribution in [0.2, 0.25) is 5.02 Å². The average molecular weight is 368 g/mol. The fourth-order valence-corrected chi connectivity index (χ4v) is 2.54. The first-order valence-electron chi connectivity index (χ1n) is 8.02. The standard InChI is InChI=1S/C20H18ClN3O2/c21-15-6-4-5-14(11-15)13-23-20(25)24-19-12-17(9-10-18(19)22)26-16-7-2-1-3-8-16/h1-12H,13,22H2,(H2,23,24,25). The molecule has 3 rings (SSSR count). The van der Waals surface area contributed by atoms with Gasteiger partial charge in [0.05, 0.1) is 11.4 Å². The topological polar surface area (TPSA) is 76.4 Å². The molecule has 5 nitrogen and oxygen atoms in total. The number of rotatable bonds is 5. The van der Waals surface area contributed by atoms with Crippen molar-refractivity contribution in [2.75, 3.05) is 11.1 Å². The fraction of sp³-hybridized carbons (Fsp3) is 0.0500. The molecular weight excluding hydrogens is 350 g/mol. The zero-order valence-electron chi connectivity index (χ0n) is 13.9. The second kappa shape index (κ2) is 8.27. The van der Waals surface area contributed by atoms with Crippen molar-refractivity contribution in [3.05, 3.63) is 83.4 Å². The maximum absolute atomic E-state index is 12.1. The van der Waals surface area contributed by atoms with Gasteiger partial charge in [-0.05, 0) is 42.0 Å². The van der Waals surface area contributed by atoms with Gasteiger partial charge < -0.3 is 21.1 Å². The molecule has 3 aromatic carbocycles. The maximum atomic E-state index is 12.1. The number of benzene rings is 3. The van der Waals surface area contributed by atoms with Gasteiger partial charge in [-0.2, -0.15) is 0 Å². The van der Waals surface area contributed by atoms with Gasteiger partial charge in [0.25, 0.3) is 0 Å². The number of nitrogens with one attached hydrogen (secondary N) is 2. The molecule has 0 bridgehead atoms. The van der Waals surface area contributed by atoms with E-state index in [1.165, 1.54) is 0 Å². The SMILES string of the molecule is Nc1ccc(Oc2ccccc2)cc1NC(=O)NCc1cccc(Cl)c1. The van der Waals surface area contributed by atoms with Crippen molar-refractivity contribution in [3.8, 4) is 11.5 Å². The first-order valence-corrected chi connectivity index (χ1v) is 8.40. The Hall–Kier alpha value is -3.18. The van der Waals surface area contributed by atoms with E-state index in [0.29, 0.717) is 34.4 Å². The Morgan fingerprint density at radius 1 is 0.962 bits per heavy atom.